The summed E-state index contributed by atoms with van der Waals surface area (Å²) in [7, 11) is 1.57. The van der Waals surface area contributed by atoms with Gasteiger partial charge in [-0.15, -0.1) is 0 Å². The molecule has 2 amide bonds. The molecule has 2 saturated heterocycles. The van der Waals surface area contributed by atoms with Crippen LogP contribution in [0.2, 0.25) is 0 Å². The summed E-state index contributed by atoms with van der Waals surface area (Å²) in [5, 5.41) is 0. The van der Waals surface area contributed by atoms with E-state index in [1.807, 2.05) is 40.1 Å². The summed E-state index contributed by atoms with van der Waals surface area (Å²) in [5.41, 5.74) is 0.875. The van der Waals surface area contributed by atoms with Crippen LogP contribution in [-0.4, -0.2) is 54.9 Å². The lowest BCUT2D eigenvalue weighted by Crippen LogP contribution is -2.45. The minimum Gasteiger partial charge on any atom is -0.367 e. The first-order valence-corrected chi connectivity index (χ1v) is 8.86. The Morgan fingerprint density at radius 3 is 2.21 bits per heavy atom. The molecule has 0 radical (unpaired) electrons. The number of hydrogen-bond acceptors (Lipinski definition) is 3. The highest BCUT2D eigenvalue weighted by Crippen LogP contribution is 2.25. The molecule has 2 fully saturated rings. The molecule has 0 bridgehead atoms. The van der Waals surface area contributed by atoms with Crippen molar-refractivity contribution in [2.75, 3.05) is 33.3 Å². The molecule has 0 aromatic heterocycles. The van der Waals surface area contributed by atoms with E-state index in [0.29, 0.717) is 13.1 Å². The van der Waals surface area contributed by atoms with E-state index in [4.69, 9.17) is 4.74 Å². The average Bonchev–Trinajstić information content (AvgIpc) is 3.17. The van der Waals surface area contributed by atoms with Gasteiger partial charge in [0.2, 0.25) is 5.91 Å². The second-order valence-corrected chi connectivity index (χ2v) is 6.66. The van der Waals surface area contributed by atoms with Crippen molar-refractivity contribution in [3.63, 3.8) is 0 Å². The van der Waals surface area contributed by atoms with E-state index in [1.165, 1.54) is 0 Å². The van der Waals surface area contributed by atoms with Gasteiger partial charge in [-0.1, -0.05) is 30.3 Å². The molecule has 2 heterocycles. The van der Waals surface area contributed by atoms with Crippen molar-refractivity contribution in [2.45, 2.75) is 31.8 Å². The van der Waals surface area contributed by atoms with E-state index in [0.717, 1.165) is 44.3 Å². The quantitative estimate of drug-likeness (QED) is 0.851. The van der Waals surface area contributed by atoms with Crippen LogP contribution in [0.1, 0.15) is 37.4 Å². The highest BCUT2D eigenvalue weighted by Gasteiger charge is 2.33. The zero-order valence-corrected chi connectivity index (χ0v) is 14.3. The lowest BCUT2D eigenvalue weighted by Gasteiger charge is -2.34. The normalized spacial score (nSPS) is 20.2. The molecule has 130 valence electrons. The van der Waals surface area contributed by atoms with E-state index in [-0.39, 0.29) is 17.7 Å². The molecule has 2 aliphatic heterocycles. The number of carbonyl (C=O) groups is 2. The molecule has 3 rings (SSSR count). The summed E-state index contributed by atoms with van der Waals surface area (Å²) in [6.07, 6.45) is 3.20. The molecule has 0 N–H and O–H groups in total. The number of carbonyl (C=O) groups excluding carboxylic acids is 2. The SMILES string of the molecule is CO[C@H](C(=O)N1CCC(C(=O)N2CCCC2)CC1)c1ccccc1. The smallest absolute Gasteiger partial charge is 0.256 e. The largest absolute Gasteiger partial charge is 0.367 e. The molecule has 1 atom stereocenters. The van der Waals surface area contributed by atoms with Gasteiger partial charge in [-0.05, 0) is 31.2 Å². The van der Waals surface area contributed by atoms with Crippen LogP contribution in [0.15, 0.2) is 30.3 Å². The third-order valence-corrected chi connectivity index (χ3v) is 5.14. The Morgan fingerprint density at radius 1 is 1.00 bits per heavy atom. The Balaban J connectivity index is 1.57. The lowest BCUT2D eigenvalue weighted by molar-refractivity contribution is -0.146. The van der Waals surface area contributed by atoms with Crippen molar-refractivity contribution in [3.8, 4) is 0 Å². The molecule has 0 spiro atoms. The van der Waals surface area contributed by atoms with Gasteiger partial charge < -0.3 is 14.5 Å². The Labute approximate surface area is 143 Å². The number of hydrogen-bond donors (Lipinski definition) is 0. The van der Waals surface area contributed by atoms with Crippen LogP contribution >= 0.6 is 0 Å². The Morgan fingerprint density at radius 2 is 1.62 bits per heavy atom. The fraction of sp³-hybridized carbons (Fsp3) is 0.579. The van der Waals surface area contributed by atoms with E-state index >= 15 is 0 Å². The third-order valence-electron chi connectivity index (χ3n) is 5.14. The second-order valence-electron chi connectivity index (χ2n) is 6.66. The van der Waals surface area contributed by atoms with Gasteiger partial charge in [0.1, 0.15) is 0 Å². The Kier molecular flexibility index (Phi) is 5.51. The number of benzene rings is 1. The van der Waals surface area contributed by atoms with Crippen molar-refractivity contribution in [1.29, 1.82) is 0 Å². The van der Waals surface area contributed by atoms with Crippen molar-refractivity contribution < 1.29 is 14.3 Å². The minimum absolute atomic E-state index is 0.00392. The van der Waals surface area contributed by atoms with Gasteiger partial charge in [0.25, 0.3) is 5.91 Å². The summed E-state index contributed by atoms with van der Waals surface area (Å²) in [5.74, 6) is 0.353. The second kappa shape index (κ2) is 7.79. The molecule has 0 unspecified atom stereocenters. The lowest BCUT2D eigenvalue weighted by atomic mass is 9.94. The molecule has 2 aliphatic rings. The molecular formula is C19H26N2O3. The number of amides is 2. The van der Waals surface area contributed by atoms with Crippen LogP contribution in [0.4, 0.5) is 0 Å². The summed E-state index contributed by atoms with van der Waals surface area (Å²) in [6, 6.07) is 9.58. The van der Waals surface area contributed by atoms with Crippen molar-refractivity contribution in [2.24, 2.45) is 5.92 Å². The molecule has 5 nitrogen and oxygen atoms in total. The monoisotopic (exact) mass is 330 g/mol. The molecular weight excluding hydrogens is 304 g/mol. The third kappa shape index (κ3) is 3.61. The molecule has 1 aromatic carbocycles. The number of rotatable bonds is 4. The zero-order valence-electron chi connectivity index (χ0n) is 14.3. The van der Waals surface area contributed by atoms with Crippen molar-refractivity contribution in [1.82, 2.24) is 9.80 Å². The summed E-state index contributed by atoms with van der Waals surface area (Å²) in [6.45, 7) is 3.07. The summed E-state index contributed by atoms with van der Waals surface area (Å²) in [4.78, 5) is 29.1. The maximum atomic E-state index is 12.8. The first-order valence-electron chi connectivity index (χ1n) is 8.86. The fourth-order valence-corrected chi connectivity index (χ4v) is 3.72. The average molecular weight is 330 g/mol. The molecule has 1 aromatic rings. The Hall–Kier alpha value is -1.88. The van der Waals surface area contributed by atoms with E-state index in [2.05, 4.69) is 0 Å². The maximum absolute atomic E-state index is 12.8. The standard InChI is InChI=1S/C19H26N2O3/c1-24-17(15-7-3-2-4-8-15)19(23)21-13-9-16(10-14-21)18(22)20-11-5-6-12-20/h2-4,7-8,16-17H,5-6,9-14H2,1H3/t17-/m0/s1. The van der Waals surface area contributed by atoms with Crippen molar-refractivity contribution in [3.05, 3.63) is 35.9 Å². The Bertz CT molecular complexity index is 561. The predicted molar refractivity (Wildman–Crippen MR) is 91.3 cm³/mol. The number of nitrogens with zero attached hydrogens (tertiary/aromatic N) is 2. The predicted octanol–water partition coefficient (Wildman–Crippen LogP) is 2.24. The first kappa shape index (κ1) is 17.0. The number of likely N-dealkylation sites (tertiary alicyclic amines) is 2. The highest BCUT2D eigenvalue weighted by atomic mass is 16.5. The van der Waals surface area contributed by atoms with Gasteiger partial charge in [-0.2, -0.15) is 0 Å². The zero-order chi connectivity index (χ0) is 16.9. The van der Waals surface area contributed by atoms with Gasteiger partial charge in [0.05, 0.1) is 0 Å². The molecule has 0 saturated carbocycles. The molecule has 24 heavy (non-hydrogen) atoms. The highest BCUT2D eigenvalue weighted by molar-refractivity contribution is 5.83. The van der Waals surface area contributed by atoms with Crippen molar-refractivity contribution >= 4 is 11.8 Å². The fourth-order valence-electron chi connectivity index (χ4n) is 3.72. The van der Waals surface area contributed by atoms with Crippen LogP contribution < -0.4 is 0 Å². The molecule has 5 heteroatoms. The number of piperidine rings is 1. The number of ether oxygens (including phenoxy) is 1. The topological polar surface area (TPSA) is 49.9 Å². The van der Waals surface area contributed by atoms with Gasteiger partial charge in [0, 0.05) is 39.2 Å². The van der Waals surface area contributed by atoms with E-state index in [9.17, 15) is 9.59 Å². The minimum atomic E-state index is -0.558. The molecule has 0 aliphatic carbocycles. The van der Waals surface area contributed by atoms with Gasteiger partial charge >= 0.3 is 0 Å². The van der Waals surface area contributed by atoms with Crippen LogP contribution in [-0.2, 0) is 14.3 Å². The van der Waals surface area contributed by atoms with E-state index < -0.39 is 6.10 Å². The van der Waals surface area contributed by atoms with Gasteiger partial charge in [0.15, 0.2) is 6.10 Å². The summed E-state index contributed by atoms with van der Waals surface area (Å²) >= 11 is 0. The summed E-state index contributed by atoms with van der Waals surface area (Å²) < 4.78 is 5.44. The first-order chi connectivity index (χ1) is 11.7. The maximum Gasteiger partial charge on any atom is 0.256 e. The van der Waals surface area contributed by atoms with Gasteiger partial charge in [-0.25, -0.2) is 0 Å². The van der Waals surface area contributed by atoms with E-state index in [1.54, 1.807) is 7.11 Å². The van der Waals surface area contributed by atoms with Crippen LogP contribution in [0.3, 0.4) is 0 Å². The van der Waals surface area contributed by atoms with Crippen LogP contribution in [0.5, 0.6) is 0 Å². The van der Waals surface area contributed by atoms with Gasteiger partial charge in [-0.3, -0.25) is 9.59 Å². The number of methoxy groups -OCH3 is 1. The van der Waals surface area contributed by atoms with Crippen LogP contribution in [0, 0.1) is 5.92 Å². The van der Waals surface area contributed by atoms with Crippen LogP contribution in [0.25, 0.3) is 0 Å².